The van der Waals surface area contributed by atoms with E-state index in [9.17, 15) is 5.26 Å². The summed E-state index contributed by atoms with van der Waals surface area (Å²) < 4.78 is 0. The molecule has 2 aliphatic carbocycles. The van der Waals surface area contributed by atoms with Gasteiger partial charge in [-0.3, -0.25) is 0 Å². The molecular formula is C20H35N. The summed E-state index contributed by atoms with van der Waals surface area (Å²) in [6.45, 7) is 2.30. The number of nitriles is 1. The molecule has 0 aromatic rings. The van der Waals surface area contributed by atoms with E-state index in [2.05, 4.69) is 13.0 Å². The average molecular weight is 290 g/mol. The minimum atomic E-state index is 0.363. The molecule has 0 N–H and O–H groups in total. The molecule has 0 bridgehead atoms. The van der Waals surface area contributed by atoms with E-state index in [0.717, 1.165) is 5.92 Å². The first-order valence-electron chi connectivity index (χ1n) is 9.70. The zero-order valence-corrected chi connectivity index (χ0v) is 14.2. The Bertz CT molecular complexity index is 313. The fourth-order valence-corrected chi connectivity index (χ4v) is 4.98. The second-order valence-electron chi connectivity index (χ2n) is 7.76. The van der Waals surface area contributed by atoms with Crippen molar-refractivity contribution in [1.29, 1.82) is 5.26 Å². The lowest BCUT2D eigenvalue weighted by Gasteiger charge is -2.47. The molecule has 0 radical (unpaired) electrons. The minimum absolute atomic E-state index is 0.363. The Labute approximate surface area is 132 Å². The smallest absolute Gasteiger partial charge is 0.0655 e. The number of unbranched alkanes of at least 4 members (excludes halogenated alkanes) is 4. The van der Waals surface area contributed by atoms with E-state index in [1.807, 2.05) is 0 Å². The molecule has 0 atom stereocenters. The maximum Gasteiger partial charge on any atom is 0.0655 e. The first-order chi connectivity index (χ1) is 10.3. The molecule has 2 aliphatic rings. The normalized spacial score (nSPS) is 31.0. The van der Waals surface area contributed by atoms with Gasteiger partial charge in [-0.05, 0) is 56.3 Å². The van der Waals surface area contributed by atoms with Crippen LogP contribution in [0.1, 0.15) is 103 Å². The maximum atomic E-state index is 9.19. The summed E-state index contributed by atoms with van der Waals surface area (Å²) in [5.41, 5.74) is 0.625. The molecule has 21 heavy (non-hydrogen) atoms. The zero-order chi connectivity index (χ0) is 15.0. The van der Waals surface area contributed by atoms with Gasteiger partial charge in [0.05, 0.1) is 6.07 Å². The zero-order valence-electron chi connectivity index (χ0n) is 14.2. The van der Waals surface area contributed by atoms with E-state index < -0.39 is 0 Å². The van der Waals surface area contributed by atoms with E-state index in [4.69, 9.17) is 0 Å². The largest absolute Gasteiger partial charge is 0.198 e. The molecule has 2 rings (SSSR count). The van der Waals surface area contributed by atoms with E-state index in [-0.39, 0.29) is 0 Å². The van der Waals surface area contributed by atoms with Crippen molar-refractivity contribution in [3.05, 3.63) is 0 Å². The Balaban J connectivity index is 1.89. The van der Waals surface area contributed by atoms with Crippen molar-refractivity contribution in [2.75, 3.05) is 0 Å². The van der Waals surface area contributed by atoms with Gasteiger partial charge in [0, 0.05) is 5.92 Å². The standard InChI is InChI=1S/C20H35N/c1-2-3-4-5-9-14-20(19-10-7-6-8-11-19)15-12-18(17-21)13-16-20/h18-19H,2-16H2,1H3. The third kappa shape index (κ3) is 4.73. The Kier molecular flexibility index (Phi) is 7.08. The number of hydrogen-bond donors (Lipinski definition) is 0. The predicted octanol–water partition coefficient (Wildman–Crippen LogP) is 6.63. The van der Waals surface area contributed by atoms with Crippen LogP contribution in [0.4, 0.5) is 0 Å². The lowest BCUT2D eigenvalue weighted by Crippen LogP contribution is -2.36. The van der Waals surface area contributed by atoms with E-state index in [1.54, 1.807) is 0 Å². The van der Waals surface area contributed by atoms with Gasteiger partial charge in [-0.15, -0.1) is 0 Å². The van der Waals surface area contributed by atoms with Gasteiger partial charge in [0.1, 0.15) is 0 Å². The average Bonchev–Trinajstić information content (AvgIpc) is 2.56. The minimum Gasteiger partial charge on any atom is -0.198 e. The van der Waals surface area contributed by atoms with Gasteiger partial charge >= 0.3 is 0 Å². The van der Waals surface area contributed by atoms with Crippen molar-refractivity contribution < 1.29 is 0 Å². The van der Waals surface area contributed by atoms with Crippen LogP contribution in [-0.2, 0) is 0 Å². The van der Waals surface area contributed by atoms with Gasteiger partial charge in [0.2, 0.25) is 0 Å². The van der Waals surface area contributed by atoms with Crippen molar-refractivity contribution in [3.8, 4) is 6.07 Å². The first kappa shape index (κ1) is 16.9. The topological polar surface area (TPSA) is 23.8 Å². The molecule has 0 aliphatic heterocycles. The highest BCUT2D eigenvalue weighted by atomic mass is 14.5. The summed E-state index contributed by atoms with van der Waals surface area (Å²) in [7, 11) is 0. The van der Waals surface area contributed by atoms with Crippen LogP contribution >= 0.6 is 0 Å². The lowest BCUT2D eigenvalue weighted by molar-refractivity contribution is 0.0450. The summed E-state index contributed by atoms with van der Waals surface area (Å²) in [6.07, 6.45) is 20.9. The Morgan fingerprint density at radius 2 is 1.57 bits per heavy atom. The Morgan fingerprint density at radius 3 is 2.19 bits per heavy atom. The summed E-state index contributed by atoms with van der Waals surface area (Å²) >= 11 is 0. The monoisotopic (exact) mass is 289 g/mol. The fraction of sp³-hybridized carbons (Fsp3) is 0.950. The van der Waals surface area contributed by atoms with Gasteiger partial charge in [-0.2, -0.15) is 5.26 Å². The van der Waals surface area contributed by atoms with Crippen molar-refractivity contribution in [3.63, 3.8) is 0 Å². The number of rotatable bonds is 7. The van der Waals surface area contributed by atoms with Crippen LogP contribution in [0, 0.1) is 28.6 Å². The highest BCUT2D eigenvalue weighted by Crippen LogP contribution is 2.52. The second-order valence-corrected chi connectivity index (χ2v) is 7.76. The molecular weight excluding hydrogens is 254 g/mol. The van der Waals surface area contributed by atoms with Crippen LogP contribution in [-0.4, -0.2) is 0 Å². The third-order valence-electron chi connectivity index (χ3n) is 6.41. The molecule has 1 heteroatoms. The molecule has 0 amide bonds. The Morgan fingerprint density at radius 1 is 0.905 bits per heavy atom. The van der Waals surface area contributed by atoms with Gasteiger partial charge in [-0.1, -0.05) is 58.3 Å². The van der Waals surface area contributed by atoms with Crippen LogP contribution in [0.25, 0.3) is 0 Å². The molecule has 120 valence electrons. The van der Waals surface area contributed by atoms with Gasteiger partial charge in [0.25, 0.3) is 0 Å². The molecule has 0 saturated heterocycles. The highest BCUT2D eigenvalue weighted by Gasteiger charge is 2.41. The predicted molar refractivity (Wildman–Crippen MR) is 90.0 cm³/mol. The van der Waals surface area contributed by atoms with Crippen molar-refractivity contribution in [1.82, 2.24) is 0 Å². The third-order valence-corrected chi connectivity index (χ3v) is 6.41. The number of nitrogens with zero attached hydrogens (tertiary/aromatic N) is 1. The fourth-order valence-electron chi connectivity index (χ4n) is 4.98. The SMILES string of the molecule is CCCCCCCC1(C2CCCCC2)CCC(C#N)CC1. The molecule has 0 aromatic heterocycles. The molecule has 2 fully saturated rings. The van der Waals surface area contributed by atoms with Gasteiger partial charge in [0.15, 0.2) is 0 Å². The second kappa shape index (κ2) is 8.82. The van der Waals surface area contributed by atoms with Crippen molar-refractivity contribution >= 4 is 0 Å². The van der Waals surface area contributed by atoms with Crippen LogP contribution in [0.2, 0.25) is 0 Å². The molecule has 1 nitrogen and oxygen atoms in total. The summed E-state index contributed by atoms with van der Waals surface area (Å²) in [6, 6.07) is 2.53. The number of hydrogen-bond acceptors (Lipinski definition) is 1. The van der Waals surface area contributed by atoms with Crippen molar-refractivity contribution in [2.45, 2.75) is 103 Å². The quantitative estimate of drug-likeness (QED) is 0.483. The van der Waals surface area contributed by atoms with Crippen LogP contribution in [0.5, 0.6) is 0 Å². The molecule has 2 saturated carbocycles. The molecule has 0 spiro atoms. The summed E-state index contributed by atoms with van der Waals surface area (Å²) in [5, 5.41) is 9.19. The first-order valence-corrected chi connectivity index (χ1v) is 9.70. The van der Waals surface area contributed by atoms with E-state index in [1.165, 1.54) is 96.3 Å². The lowest BCUT2D eigenvalue weighted by atomic mass is 9.58. The van der Waals surface area contributed by atoms with Gasteiger partial charge < -0.3 is 0 Å². The molecule has 0 aromatic carbocycles. The Hall–Kier alpha value is -0.510. The van der Waals surface area contributed by atoms with Gasteiger partial charge in [-0.25, -0.2) is 0 Å². The molecule has 0 unspecified atom stereocenters. The van der Waals surface area contributed by atoms with E-state index >= 15 is 0 Å². The summed E-state index contributed by atoms with van der Waals surface area (Å²) in [4.78, 5) is 0. The maximum absolute atomic E-state index is 9.19. The summed E-state index contributed by atoms with van der Waals surface area (Å²) in [5.74, 6) is 1.35. The van der Waals surface area contributed by atoms with Crippen LogP contribution < -0.4 is 0 Å². The highest BCUT2D eigenvalue weighted by molar-refractivity contribution is 4.96. The van der Waals surface area contributed by atoms with Crippen LogP contribution in [0.3, 0.4) is 0 Å². The van der Waals surface area contributed by atoms with Crippen molar-refractivity contribution in [2.24, 2.45) is 17.3 Å². The van der Waals surface area contributed by atoms with Crippen LogP contribution in [0.15, 0.2) is 0 Å². The molecule has 0 heterocycles. The van der Waals surface area contributed by atoms with E-state index in [0.29, 0.717) is 11.3 Å².